The molecule has 0 spiro atoms. The number of halogens is 1. The third-order valence-corrected chi connectivity index (χ3v) is 7.31. The number of benzene rings is 3. The Balaban J connectivity index is 1.84. The summed E-state index contributed by atoms with van der Waals surface area (Å²) in [5.74, 6) is -0.968. The molecule has 0 aliphatic carbocycles. The fraction of sp³-hybridized carbons (Fsp3) is 0.231. The van der Waals surface area contributed by atoms with Crippen molar-refractivity contribution in [2.45, 2.75) is 18.2 Å². The van der Waals surface area contributed by atoms with Crippen LogP contribution in [0.5, 0.6) is 0 Å². The largest absolute Gasteiger partial charge is 0.385 e. The van der Waals surface area contributed by atoms with E-state index in [0.29, 0.717) is 24.6 Å². The van der Waals surface area contributed by atoms with E-state index >= 15 is 0 Å². The van der Waals surface area contributed by atoms with Crippen LogP contribution in [0.1, 0.15) is 22.3 Å². The molecule has 0 bridgehead atoms. The fourth-order valence-corrected chi connectivity index (χ4v) is 4.93. The minimum atomic E-state index is -4.08. The van der Waals surface area contributed by atoms with Crippen molar-refractivity contribution in [1.82, 2.24) is 5.32 Å². The lowest BCUT2D eigenvalue weighted by molar-refractivity contribution is -0.114. The average molecular weight is 530 g/mol. The third-order valence-electron chi connectivity index (χ3n) is 5.27. The third kappa shape index (κ3) is 7.07. The van der Waals surface area contributed by atoms with E-state index in [4.69, 9.17) is 16.3 Å². The van der Waals surface area contributed by atoms with Crippen molar-refractivity contribution in [3.8, 4) is 0 Å². The average Bonchev–Trinajstić information content (AvgIpc) is 2.86. The van der Waals surface area contributed by atoms with Crippen molar-refractivity contribution in [2.24, 2.45) is 0 Å². The van der Waals surface area contributed by atoms with E-state index in [1.165, 1.54) is 24.3 Å². The predicted molar refractivity (Wildman–Crippen MR) is 141 cm³/mol. The minimum absolute atomic E-state index is 0.0479. The van der Waals surface area contributed by atoms with Gasteiger partial charge in [-0.15, -0.1) is 0 Å². The molecule has 36 heavy (non-hydrogen) atoms. The molecule has 0 unspecified atom stereocenters. The summed E-state index contributed by atoms with van der Waals surface area (Å²) in [5, 5.41) is 5.89. The molecule has 0 aliphatic rings. The molecule has 10 heteroatoms. The van der Waals surface area contributed by atoms with Gasteiger partial charge in [0.15, 0.2) is 0 Å². The molecule has 0 aliphatic heterocycles. The zero-order chi connectivity index (χ0) is 26.1. The summed E-state index contributed by atoms with van der Waals surface area (Å²) in [6.45, 7) is 2.26. The summed E-state index contributed by atoms with van der Waals surface area (Å²) in [6, 6.07) is 19.1. The Kier molecular flexibility index (Phi) is 9.46. The number of carbonyl (C=O) groups excluding carboxylic acids is 2. The molecule has 3 rings (SSSR count). The summed E-state index contributed by atoms with van der Waals surface area (Å²) < 4.78 is 33.0. The molecular weight excluding hydrogens is 502 g/mol. The standard InChI is InChI=1S/C26H28ClN3O5S/c1-19-8-14-22(15-9-19)36(33,34)30(21-12-10-20(27)11-13-21)18-25(31)29-24-7-4-3-6-23(24)26(32)28-16-5-17-35-2/h3-4,6-15H,5,16-18H2,1-2H3,(H,28,32)(H,29,31). The van der Waals surface area contributed by atoms with Crippen LogP contribution >= 0.6 is 11.6 Å². The van der Waals surface area contributed by atoms with Crippen LogP contribution in [0, 0.1) is 6.92 Å². The lowest BCUT2D eigenvalue weighted by Crippen LogP contribution is -2.38. The van der Waals surface area contributed by atoms with E-state index < -0.39 is 22.5 Å². The summed E-state index contributed by atoms with van der Waals surface area (Å²) in [7, 11) is -2.49. The number of nitrogens with one attached hydrogen (secondary N) is 2. The van der Waals surface area contributed by atoms with Gasteiger partial charge in [0.05, 0.1) is 21.8 Å². The van der Waals surface area contributed by atoms with Crippen molar-refractivity contribution in [3.05, 3.63) is 88.9 Å². The number of methoxy groups -OCH3 is 1. The highest BCUT2D eigenvalue weighted by Crippen LogP contribution is 2.26. The molecule has 2 amide bonds. The van der Waals surface area contributed by atoms with Gasteiger partial charge in [-0.05, 0) is 61.9 Å². The molecule has 3 aromatic rings. The monoisotopic (exact) mass is 529 g/mol. The van der Waals surface area contributed by atoms with Gasteiger partial charge in [0.1, 0.15) is 6.54 Å². The number of rotatable bonds is 11. The maximum absolute atomic E-state index is 13.5. The highest BCUT2D eigenvalue weighted by atomic mass is 35.5. The van der Waals surface area contributed by atoms with Crippen LogP contribution in [0.25, 0.3) is 0 Å². The van der Waals surface area contributed by atoms with Crippen LogP contribution in [-0.2, 0) is 19.6 Å². The Morgan fingerprint density at radius 1 is 0.972 bits per heavy atom. The van der Waals surface area contributed by atoms with Crippen LogP contribution in [0.2, 0.25) is 5.02 Å². The molecule has 0 fully saturated rings. The van der Waals surface area contributed by atoms with Crippen molar-refractivity contribution >= 4 is 44.8 Å². The van der Waals surface area contributed by atoms with Gasteiger partial charge in [0.2, 0.25) is 5.91 Å². The van der Waals surface area contributed by atoms with Crippen LogP contribution in [0.15, 0.2) is 77.7 Å². The number of amides is 2. The first kappa shape index (κ1) is 27.2. The molecule has 8 nitrogen and oxygen atoms in total. The summed E-state index contributed by atoms with van der Waals surface area (Å²) in [4.78, 5) is 25.8. The van der Waals surface area contributed by atoms with Gasteiger partial charge < -0.3 is 15.4 Å². The Bertz CT molecular complexity index is 1300. The Labute approximate surface area is 216 Å². The van der Waals surface area contributed by atoms with Gasteiger partial charge >= 0.3 is 0 Å². The SMILES string of the molecule is COCCCNC(=O)c1ccccc1NC(=O)CN(c1ccc(Cl)cc1)S(=O)(=O)c1ccc(C)cc1. The number of aryl methyl sites for hydroxylation is 1. The Morgan fingerprint density at radius 2 is 1.64 bits per heavy atom. The number of hydrogen-bond donors (Lipinski definition) is 2. The van der Waals surface area contributed by atoms with Gasteiger partial charge in [-0.25, -0.2) is 8.42 Å². The quantitative estimate of drug-likeness (QED) is 0.361. The number of sulfonamides is 1. The highest BCUT2D eigenvalue weighted by molar-refractivity contribution is 7.92. The van der Waals surface area contributed by atoms with Crippen LogP contribution in [0.4, 0.5) is 11.4 Å². The number of nitrogens with zero attached hydrogens (tertiary/aromatic N) is 1. The van der Waals surface area contributed by atoms with Crippen molar-refractivity contribution in [2.75, 3.05) is 36.4 Å². The molecule has 0 saturated heterocycles. The number of anilines is 2. The second kappa shape index (κ2) is 12.5. The van der Waals surface area contributed by atoms with E-state index in [0.717, 1.165) is 9.87 Å². The first-order chi connectivity index (χ1) is 17.2. The summed E-state index contributed by atoms with van der Waals surface area (Å²) in [6.07, 6.45) is 0.643. The second-order valence-electron chi connectivity index (χ2n) is 8.00. The number of ether oxygens (including phenoxy) is 1. The van der Waals surface area contributed by atoms with Gasteiger partial charge in [-0.2, -0.15) is 0 Å². The first-order valence-electron chi connectivity index (χ1n) is 11.2. The van der Waals surface area contributed by atoms with E-state index in [2.05, 4.69) is 10.6 Å². The second-order valence-corrected chi connectivity index (χ2v) is 10.3. The minimum Gasteiger partial charge on any atom is -0.385 e. The molecule has 0 heterocycles. The lowest BCUT2D eigenvalue weighted by atomic mass is 10.1. The fourth-order valence-electron chi connectivity index (χ4n) is 3.38. The van der Waals surface area contributed by atoms with E-state index in [-0.39, 0.29) is 27.7 Å². The maximum atomic E-state index is 13.5. The lowest BCUT2D eigenvalue weighted by Gasteiger charge is -2.24. The molecule has 2 N–H and O–H groups in total. The van der Waals surface area contributed by atoms with Crippen molar-refractivity contribution in [3.63, 3.8) is 0 Å². The number of hydrogen-bond acceptors (Lipinski definition) is 5. The topological polar surface area (TPSA) is 105 Å². The van der Waals surface area contributed by atoms with Gasteiger partial charge in [0.25, 0.3) is 15.9 Å². The van der Waals surface area contributed by atoms with Crippen molar-refractivity contribution < 1.29 is 22.7 Å². The van der Waals surface area contributed by atoms with Gasteiger partial charge in [0, 0.05) is 25.3 Å². The first-order valence-corrected chi connectivity index (χ1v) is 13.0. The number of carbonyl (C=O) groups is 2. The highest BCUT2D eigenvalue weighted by Gasteiger charge is 2.27. The summed E-state index contributed by atoms with van der Waals surface area (Å²) >= 11 is 5.99. The Morgan fingerprint density at radius 3 is 2.31 bits per heavy atom. The predicted octanol–water partition coefficient (Wildman–Crippen LogP) is 4.25. The van der Waals surface area contributed by atoms with Crippen LogP contribution in [0.3, 0.4) is 0 Å². The molecule has 190 valence electrons. The normalized spacial score (nSPS) is 11.1. The van der Waals surface area contributed by atoms with E-state index in [1.54, 1.807) is 55.6 Å². The van der Waals surface area contributed by atoms with Crippen LogP contribution < -0.4 is 14.9 Å². The maximum Gasteiger partial charge on any atom is 0.264 e. The van der Waals surface area contributed by atoms with E-state index in [1.807, 2.05) is 6.92 Å². The molecule has 0 saturated carbocycles. The number of para-hydroxylation sites is 1. The molecule has 0 aromatic heterocycles. The summed E-state index contributed by atoms with van der Waals surface area (Å²) in [5.41, 5.74) is 1.72. The van der Waals surface area contributed by atoms with Crippen LogP contribution in [-0.4, -0.2) is 47.0 Å². The Hall–Kier alpha value is -3.40. The zero-order valence-corrected chi connectivity index (χ0v) is 21.6. The van der Waals surface area contributed by atoms with Gasteiger partial charge in [-0.1, -0.05) is 41.4 Å². The molecular formula is C26H28ClN3O5S. The van der Waals surface area contributed by atoms with Gasteiger partial charge in [-0.3, -0.25) is 13.9 Å². The smallest absolute Gasteiger partial charge is 0.264 e. The zero-order valence-electron chi connectivity index (χ0n) is 20.0. The van der Waals surface area contributed by atoms with Crippen molar-refractivity contribution in [1.29, 1.82) is 0 Å². The molecule has 0 atom stereocenters. The molecule has 0 radical (unpaired) electrons. The molecule has 3 aromatic carbocycles. The van der Waals surface area contributed by atoms with E-state index in [9.17, 15) is 18.0 Å².